The number of pyridine rings is 1. The fourth-order valence-electron chi connectivity index (χ4n) is 4.86. The van der Waals surface area contributed by atoms with Crippen molar-refractivity contribution in [3.8, 4) is 0 Å². The van der Waals surface area contributed by atoms with Gasteiger partial charge in [0.25, 0.3) is 0 Å². The predicted molar refractivity (Wildman–Crippen MR) is 152 cm³/mol. The van der Waals surface area contributed by atoms with Gasteiger partial charge in [-0.15, -0.1) is 11.8 Å². The number of benzene rings is 1. The Bertz CT molecular complexity index is 1170. The zero-order chi connectivity index (χ0) is 26.6. The third-order valence-electron chi connectivity index (χ3n) is 7.27. The zero-order valence-electron chi connectivity index (χ0n) is 22.4. The summed E-state index contributed by atoms with van der Waals surface area (Å²) in [6.45, 7) is 5.11. The van der Waals surface area contributed by atoms with Crippen molar-refractivity contribution >= 4 is 23.4 Å². The number of rotatable bonds is 8. The van der Waals surface area contributed by atoms with Crippen LogP contribution >= 0.6 is 11.8 Å². The van der Waals surface area contributed by atoms with Crippen LogP contribution in [0.2, 0.25) is 0 Å². The van der Waals surface area contributed by atoms with Crippen LogP contribution in [0.1, 0.15) is 74.4 Å². The van der Waals surface area contributed by atoms with Crippen LogP contribution in [0.5, 0.6) is 0 Å². The Balaban J connectivity index is 0.00000144. The highest BCUT2D eigenvalue weighted by atomic mass is 32.2. The highest BCUT2D eigenvalue weighted by molar-refractivity contribution is 7.98. The lowest BCUT2D eigenvalue weighted by Gasteiger charge is -2.36. The molecule has 38 heavy (non-hydrogen) atoms. The molecule has 2 fully saturated rings. The van der Waals surface area contributed by atoms with Crippen LogP contribution in [0.4, 0.5) is 5.69 Å². The Morgan fingerprint density at radius 1 is 1.16 bits per heavy atom. The molecule has 1 aromatic heterocycles. The van der Waals surface area contributed by atoms with Crippen molar-refractivity contribution in [1.82, 2.24) is 15.6 Å². The van der Waals surface area contributed by atoms with Crippen molar-refractivity contribution in [1.29, 1.82) is 0 Å². The molecule has 4 aliphatic rings. The molecule has 2 atom stereocenters. The van der Waals surface area contributed by atoms with Gasteiger partial charge in [0.1, 0.15) is 18.3 Å². The number of ether oxygens (including phenoxy) is 1. The molecule has 1 amide bonds. The van der Waals surface area contributed by atoms with Gasteiger partial charge in [-0.1, -0.05) is 32.1 Å². The second kappa shape index (κ2) is 11.8. The van der Waals surface area contributed by atoms with Crippen molar-refractivity contribution < 1.29 is 14.6 Å². The zero-order valence-corrected chi connectivity index (χ0v) is 23.3. The van der Waals surface area contributed by atoms with E-state index < -0.39 is 12.1 Å². The monoisotopic (exact) mass is 534 g/mol. The minimum Gasteiger partial charge on any atom is -0.476 e. The number of nitrogens with zero attached hydrogens (tertiary/aromatic N) is 2. The van der Waals surface area contributed by atoms with E-state index in [1.807, 2.05) is 56.5 Å². The van der Waals surface area contributed by atoms with Crippen LogP contribution in [0.15, 0.2) is 65.0 Å². The lowest BCUT2D eigenvalue weighted by Crippen LogP contribution is -2.48. The quantitative estimate of drug-likeness (QED) is 0.412. The SMILES string of the molecule is CC.CSc1ccc(C(CO)NC(=O)C2C=CC3=C(N2)OCCN3c2cc(C3CC3)nc(C3CC3)c2)cc1. The molecule has 6 rings (SSSR count). The molecule has 8 heteroatoms. The number of anilines is 1. The highest BCUT2D eigenvalue weighted by Gasteiger charge is 2.33. The van der Waals surface area contributed by atoms with E-state index in [0.717, 1.165) is 28.4 Å². The van der Waals surface area contributed by atoms with E-state index in [1.54, 1.807) is 11.8 Å². The van der Waals surface area contributed by atoms with Crippen molar-refractivity contribution in [3.05, 3.63) is 77.1 Å². The predicted octanol–water partition coefficient (Wildman–Crippen LogP) is 4.97. The summed E-state index contributed by atoms with van der Waals surface area (Å²) in [5, 5.41) is 16.2. The van der Waals surface area contributed by atoms with E-state index in [4.69, 9.17) is 9.72 Å². The first kappa shape index (κ1) is 26.6. The van der Waals surface area contributed by atoms with Crippen molar-refractivity contribution in [2.75, 3.05) is 30.9 Å². The summed E-state index contributed by atoms with van der Waals surface area (Å²) in [7, 11) is 0. The molecule has 2 aliphatic heterocycles. The number of aliphatic hydroxyl groups excluding tert-OH is 1. The van der Waals surface area contributed by atoms with Crippen LogP contribution in [0.3, 0.4) is 0 Å². The third-order valence-corrected chi connectivity index (χ3v) is 8.01. The molecule has 1 aromatic carbocycles. The Morgan fingerprint density at radius 2 is 1.82 bits per heavy atom. The number of aromatic nitrogens is 1. The number of hydrogen-bond acceptors (Lipinski definition) is 7. The summed E-state index contributed by atoms with van der Waals surface area (Å²) >= 11 is 1.66. The first-order valence-electron chi connectivity index (χ1n) is 13.8. The van der Waals surface area contributed by atoms with E-state index in [0.29, 0.717) is 24.3 Å². The van der Waals surface area contributed by atoms with Gasteiger partial charge in [0.05, 0.1) is 19.2 Å². The number of amides is 1. The number of aliphatic hydroxyl groups is 1. The number of carbonyl (C=O) groups is 1. The number of dihydropyridines is 1. The molecule has 3 heterocycles. The summed E-state index contributed by atoms with van der Waals surface area (Å²) < 4.78 is 5.96. The molecule has 2 saturated carbocycles. The molecular weight excluding hydrogens is 496 g/mol. The second-order valence-corrected chi connectivity index (χ2v) is 10.8. The van der Waals surface area contributed by atoms with Crippen LogP contribution in [-0.2, 0) is 9.53 Å². The first-order valence-corrected chi connectivity index (χ1v) is 15.0. The minimum absolute atomic E-state index is 0.173. The Labute approximate surface area is 229 Å². The summed E-state index contributed by atoms with van der Waals surface area (Å²) in [6.07, 6.45) is 10.8. The number of nitrogens with one attached hydrogen (secondary N) is 2. The van der Waals surface area contributed by atoms with Crippen LogP contribution in [-0.4, -0.2) is 48.1 Å². The maximum Gasteiger partial charge on any atom is 0.247 e. The van der Waals surface area contributed by atoms with E-state index in [2.05, 4.69) is 27.7 Å². The van der Waals surface area contributed by atoms with Crippen molar-refractivity contribution in [2.24, 2.45) is 0 Å². The smallest absolute Gasteiger partial charge is 0.247 e. The Morgan fingerprint density at radius 3 is 2.39 bits per heavy atom. The average Bonchev–Trinajstić information content (AvgIpc) is 3.89. The standard InChI is InChI=1S/C28H32N4O3S.C2H6/c1-36-21-8-6-19(7-9-21)25(16-33)30-27(34)22-10-11-26-28(31-22)35-13-12-32(26)20-14-23(17-2-3-17)29-24(15-20)18-4-5-18;1-2/h6-11,14-15,17-18,22,25,31,33H,2-5,12-13,16H2,1H3,(H,30,34);1-2H3. The molecule has 0 saturated heterocycles. The molecule has 2 aliphatic carbocycles. The molecule has 202 valence electrons. The fourth-order valence-corrected chi connectivity index (χ4v) is 5.27. The van der Waals surface area contributed by atoms with Crippen LogP contribution < -0.4 is 15.5 Å². The average molecular weight is 535 g/mol. The van der Waals surface area contributed by atoms with Gasteiger partial charge in [-0.2, -0.15) is 0 Å². The Hall–Kier alpha value is -2.97. The van der Waals surface area contributed by atoms with E-state index in [9.17, 15) is 9.90 Å². The van der Waals surface area contributed by atoms with Gasteiger partial charge < -0.3 is 25.4 Å². The third kappa shape index (κ3) is 5.86. The number of thioether (sulfide) groups is 1. The van der Waals surface area contributed by atoms with Gasteiger partial charge in [-0.05, 0) is 67.8 Å². The summed E-state index contributed by atoms with van der Waals surface area (Å²) in [5.74, 6) is 1.61. The van der Waals surface area contributed by atoms with E-state index in [-0.39, 0.29) is 12.5 Å². The maximum absolute atomic E-state index is 13.1. The molecule has 0 spiro atoms. The van der Waals surface area contributed by atoms with E-state index in [1.165, 1.54) is 37.1 Å². The summed E-state index contributed by atoms with van der Waals surface area (Å²) in [4.78, 5) is 21.5. The van der Waals surface area contributed by atoms with Crippen molar-refractivity contribution in [2.45, 2.75) is 68.3 Å². The highest BCUT2D eigenvalue weighted by Crippen LogP contribution is 2.45. The number of hydrogen-bond donors (Lipinski definition) is 3. The van der Waals surface area contributed by atoms with Gasteiger partial charge in [-0.3, -0.25) is 9.78 Å². The number of carbonyl (C=O) groups excluding carboxylic acids is 1. The van der Waals surface area contributed by atoms with Gasteiger partial charge in [-0.25, -0.2) is 0 Å². The second-order valence-electron chi connectivity index (χ2n) is 9.94. The minimum atomic E-state index is -0.579. The molecule has 2 unspecified atom stereocenters. The molecule has 2 aromatic rings. The lowest BCUT2D eigenvalue weighted by atomic mass is 10.1. The van der Waals surface area contributed by atoms with Crippen molar-refractivity contribution in [3.63, 3.8) is 0 Å². The molecule has 7 nitrogen and oxygen atoms in total. The number of allylic oxidation sites excluding steroid dienone is 1. The molecule has 0 bridgehead atoms. The van der Waals surface area contributed by atoms with E-state index >= 15 is 0 Å². The molecular formula is C30H38N4O3S. The summed E-state index contributed by atoms with van der Waals surface area (Å²) in [6, 6.07) is 11.3. The van der Waals surface area contributed by atoms with Gasteiger partial charge in [0.2, 0.25) is 11.8 Å². The van der Waals surface area contributed by atoms with Gasteiger partial charge >= 0.3 is 0 Å². The topological polar surface area (TPSA) is 86.7 Å². The van der Waals surface area contributed by atoms with Gasteiger partial charge in [0.15, 0.2) is 0 Å². The lowest BCUT2D eigenvalue weighted by molar-refractivity contribution is -0.123. The molecule has 3 N–H and O–H groups in total. The van der Waals surface area contributed by atoms with Gasteiger partial charge in [0, 0.05) is 33.8 Å². The largest absolute Gasteiger partial charge is 0.476 e. The fraction of sp³-hybridized carbons (Fsp3) is 0.467. The first-order chi connectivity index (χ1) is 18.6. The maximum atomic E-state index is 13.1. The van der Waals surface area contributed by atoms with Crippen LogP contribution in [0, 0.1) is 0 Å². The normalized spacial score (nSPS) is 20.9. The summed E-state index contributed by atoms with van der Waals surface area (Å²) in [5.41, 5.74) is 5.40. The molecule has 0 radical (unpaired) electrons. The Kier molecular flexibility index (Phi) is 8.29. The van der Waals surface area contributed by atoms with Crippen LogP contribution in [0.25, 0.3) is 0 Å².